The third-order valence-electron chi connectivity index (χ3n) is 4.67. The van der Waals surface area contributed by atoms with Gasteiger partial charge in [0.2, 0.25) is 0 Å². The van der Waals surface area contributed by atoms with Gasteiger partial charge < -0.3 is 10.1 Å². The van der Waals surface area contributed by atoms with Crippen LogP contribution in [0.25, 0.3) is 0 Å². The van der Waals surface area contributed by atoms with Crippen molar-refractivity contribution >= 4 is 40.8 Å². The monoisotopic (exact) mass is 414 g/mol. The van der Waals surface area contributed by atoms with E-state index in [9.17, 15) is 14.4 Å². The summed E-state index contributed by atoms with van der Waals surface area (Å²) in [4.78, 5) is 38.7. The van der Waals surface area contributed by atoms with Gasteiger partial charge in [-0.05, 0) is 49.6 Å². The minimum atomic E-state index is -0.642. The van der Waals surface area contributed by atoms with Gasteiger partial charge in [-0.1, -0.05) is 37.6 Å². The SMILES string of the molecule is CC(C)CCOC(=O)C(C)Nc1cc(N2C(=O)c3ccccc3C2=O)ccc1Cl. The van der Waals surface area contributed by atoms with Crippen LogP contribution in [0.15, 0.2) is 42.5 Å². The molecule has 1 aliphatic heterocycles. The summed E-state index contributed by atoms with van der Waals surface area (Å²) in [6.45, 7) is 6.13. The molecule has 7 heteroatoms. The van der Waals surface area contributed by atoms with Crippen molar-refractivity contribution in [2.75, 3.05) is 16.8 Å². The Hall–Kier alpha value is -2.86. The summed E-state index contributed by atoms with van der Waals surface area (Å²) in [5.41, 5.74) is 1.55. The lowest BCUT2D eigenvalue weighted by molar-refractivity contribution is -0.144. The van der Waals surface area contributed by atoms with Crippen LogP contribution >= 0.6 is 11.6 Å². The number of halogens is 1. The zero-order valence-corrected chi connectivity index (χ0v) is 17.3. The highest BCUT2D eigenvalue weighted by molar-refractivity contribution is 6.36. The van der Waals surface area contributed by atoms with E-state index < -0.39 is 12.0 Å². The first-order chi connectivity index (χ1) is 13.8. The van der Waals surface area contributed by atoms with Gasteiger partial charge in [0.15, 0.2) is 0 Å². The minimum Gasteiger partial charge on any atom is -0.464 e. The molecule has 0 fully saturated rings. The van der Waals surface area contributed by atoms with Crippen molar-refractivity contribution in [1.29, 1.82) is 0 Å². The standard InChI is InChI=1S/C22H23ClN2O4/c1-13(2)10-11-29-22(28)14(3)24-19-12-15(8-9-18(19)23)25-20(26)16-6-4-5-7-17(16)21(25)27/h4-9,12-14,24H,10-11H2,1-3H3. The average Bonchev–Trinajstić information content (AvgIpc) is 2.94. The van der Waals surface area contributed by atoms with Crippen LogP contribution in [0.1, 0.15) is 47.9 Å². The smallest absolute Gasteiger partial charge is 0.328 e. The molecule has 0 saturated carbocycles. The second-order valence-corrected chi connectivity index (χ2v) is 7.78. The molecule has 1 atom stereocenters. The lowest BCUT2D eigenvalue weighted by Gasteiger charge is -2.19. The molecule has 1 unspecified atom stereocenters. The summed E-state index contributed by atoms with van der Waals surface area (Å²) in [5, 5.41) is 3.37. The number of benzene rings is 2. The number of ether oxygens (including phenoxy) is 1. The summed E-state index contributed by atoms with van der Waals surface area (Å²) in [5.74, 6) is -0.732. The van der Waals surface area contributed by atoms with Crippen LogP contribution in [-0.2, 0) is 9.53 Å². The van der Waals surface area contributed by atoms with Gasteiger partial charge in [0.05, 0.1) is 34.1 Å². The number of hydrogen-bond donors (Lipinski definition) is 1. The quantitative estimate of drug-likeness (QED) is 0.532. The first-order valence-corrected chi connectivity index (χ1v) is 9.88. The van der Waals surface area contributed by atoms with Crippen molar-refractivity contribution in [1.82, 2.24) is 0 Å². The number of carbonyl (C=O) groups excluding carboxylic acids is 3. The van der Waals surface area contributed by atoms with Gasteiger partial charge in [0, 0.05) is 0 Å². The van der Waals surface area contributed by atoms with E-state index in [1.165, 1.54) is 0 Å². The lowest BCUT2D eigenvalue weighted by atomic mass is 10.1. The molecule has 2 amide bonds. The number of carbonyl (C=O) groups is 3. The molecule has 6 nitrogen and oxygen atoms in total. The van der Waals surface area contributed by atoms with Gasteiger partial charge in [-0.25, -0.2) is 9.69 Å². The maximum absolute atomic E-state index is 12.7. The molecule has 1 N–H and O–H groups in total. The molecule has 3 rings (SSSR count). The average molecular weight is 415 g/mol. The highest BCUT2D eigenvalue weighted by Crippen LogP contribution is 2.33. The maximum Gasteiger partial charge on any atom is 0.328 e. The molecule has 1 heterocycles. The summed E-state index contributed by atoms with van der Waals surface area (Å²) in [7, 11) is 0. The molecule has 2 aromatic rings. The molecule has 0 aromatic heterocycles. The molecule has 0 saturated heterocycles. The number of amides is 2. The first-order valence-electron chi connectivity index (χ1n) is 9.50. The largest absolute Gasteiger partial charge is 0.464 e. The van der Waals surface area contributed by atoms with E-state index in [4.69, 9.17) is 16.3 Å². The van der Waals surface area contributed by atoms with Gasteiger partial charge in [0.25, 0.3) is 11.8 Å². The molecule has 0 radical (unpaired) electrons. The van der Waals surface area contributed by atoms with Gasteiger partial charge in [0.1, 0.15) is 6.04 Å². The third-order valence-corrected chi connectivity index (χ3v) is 5.00. The number of hydrogen-bond acceptors (Lipinski definition) is 5. The van der Waals surface area contributed by atoms with Gasteiger partial charge in [-0.3, -0.25) is 9.59 Å². The van der Waals surface area contributed by atoms with Crippen molar-refractivity contribution in [3.05, 3.63) is 58.6 Å². The van der Waals surface area contributed by atoms with Crippen LogP contribution in [0, 0.1) is 5.92 Å². The van der Waals surface area contributed by atoms with Gasteiger partial charge >= 0.3 is 5.97 Å². The Morgan fingerprint density at radius 3 is 2.28 bits per heavy atom. The van der Waals surface area contributed by atoms with E-state index in [0.717, 1.165) is 11.3 Å². The van der Waals surface area contributed by atoms with E-state index >= 15 is 0 Å². The van der Waals surface area contributed by atoms with Crippen molar-refractivity contribution in [3.8, 4) is 0 Å². The molecular formula is C22H23ClN2O4. The summed E-state index contributed by atoms with van der Waals surface area (Å²) in [6, 6.07) is 10.8. The fraction of sp³-hybridized carbons (Fsp3) is 0.318. The van der Waals surface area contributed by atoms with Gasteiger partial charge in [-0.15, -0.1) is 0 Å². The molecule has 2 aromatic carbocycles. The Bertz CT molecular complexity index is 923. The Balaban J connectivity index is 1.76. The number of nitrogens with zero attached hydrogens (tertiary/aromatic N) is 1. The normalized spacial score (nSPS) is 14.2. The second-order valence-electron chi connectivity index (χ2n) is 7.37. The van der Waals surface area contributed by atoms with Crippen molar-refractivity contribution in [2.45, 2.75) is 33.2 Å². The zero-order chi connectivity index (χ0) is 21.1. The molecule has 152 valence electrons. The zero-order valence-electron chi connectivity index (χ0n) is 16.6. The molecule has 1 aliphatic rings. The van der Waals surface area contributed by atoms with Gasteiger partial charge in [-0.2, -0.15) is 0 Å². The topological polar surface area (TPSA) is 75.7 Å². The second kappa shape index (κ2) is 8.66. The highest BCUT2D eigenvalue weighted by Gasteiger charge is 2.36. The molecule has 29 heavy (non-hydrogen) atoms. The Labute approximate surface area is 174 Å². The van der Waals surface area contributed by atoms with E-state index in [0.29, 0.717) is 40.0 Å². The molecule has 0 spiro atoms. The van der Waals surface area contributed by atoms with E-state index in [-0.39, 0.29) is 11.8 Å². The van der Waals surface area contributed by atoms with Crippen molar-refractivity contribution in [3.63, 3.8) is 0 Å². The summed E-state index contributed by atoms with van der Waals surface area (Å²) >= 11 is 6.26. The fourth-order valence-electron chi connectivity index (χ4n) is 3.00. The Kier molecular flexibility index (Phi) is 6.23. The molecule has 0 aliphatic carbocycles. The predicted octanol–water partition coefficient (Wildman–Crippen LogP) is 4.53. The molecular weight excluding hydrogens is 392 g/mol. The summed E-state index contributed by atoms with van der Waals surface area (Å²) in [6.07, 6.45) is 0.786. The van der Waals surface area contributed by atoms with Crippen LogP contribution in [0.5, 0.6) is 0 Å². The van der Waals surface area contributed by atoms with E-state index in [1.807, 2.05) is 0 Å². The maximum atomic E-state index is 12.7. The van der Waals surface area contributed by atoms with Crippen molar-refractivity contribution in [2.24, 2.45) is 5.92 Å². The van der Waals surface area contributed by atoms with E-state index in [2.05, 4.69) is 19.2 Å². The van der Waals surface area contributed by atoms with Crippen LogP contribution in [0.2, 0.25) is 5.02 Å². The van der Waals surface area contributed by atoms with E-state index in [1.54, 1.807) is 49.4 Å². The summed E-state index contributed by atoms with van der Waals surface area (Å²) < 4.78 is 5.27. The fourth-order valence-corrected chi connectivity index (χ4v) is 3.17. The Morgan fingerprint density at radius 1 is 1.07 bits per heavy atom. The number of fused-ring (bicyclic) bond motifs is 1. The van der Waals surface area contributed by atoms with Crippen molar-refractivity contribution < 1.29 is 19.1 Å². The van der Waals surface area contributed by atoms with Crippen LogP contribution in [-0.4, -0.2) is 30.4 Å². The highest BCUT2D eigenvalue weighted by atomic mass is 35.5. The molecule has 0 bridgehead atoms. The minimum absolute atomic E-state index is 0.353. The Morgan fingerprint density at radius 2 is 1.69 bits per heavy atom. The predicted molar refractivity (Wildman–Crippen MR) is 113 cm³/mol. The van der Waals surface area contributed by atoms with Crippen LogP contribution < -0.4 is 10.2 Å². The lowest BCUT2D eigenvalue weighted by Crippen LogP contribution is -2.30. The first kappa shape index (κ1) is 20.9. The third kappa shape index (κ3) is 4.43. The number of anilines is 2. The van der Waals surface area contributed by atoms with Crippen LogP contribution in [0.3, 0.4) is 0 Å². The number of rotatable bonds is 7. The number of nitrogens with one attached hydrogen (secondary N) is 1. The number of imide groups is 1. The number of esters is 1. The van der Waals surface area contributed by atoms with Crippen LogP contribution in [0.4, 0.5) is 11.4 Å².